The molecule has 0 unspecified atom stereocenters. The molecule has 15 heteroatoms. The lowest BCUT2D eigenvalue weighted by molar-refractivity contribution is -0.118. The van der Waals surface area contributed by atoms with Gasteiger partial charge in [-0.1, -0.05) is 11.3 Å². The first kappa shape index (κ1) is 25.6. The van der Waals surface area contributed by atoms with E-state index in [1.807, 2.05) is 0 Å². The standard InChI is InChI=1S/C22H24F2N6O5S2/c1-21(2,3)35-20(32)30(22(4)7-8-22)37(33,34)14-10-11-9-12(31)5-6-13-15(11)17(25-14)29(28-13)19-27-26-18(36-19)16(23)24/h10,16H,5-9H2,1-4H3. The quantitative estimate of drug-likeness (QED) is 0.462. The van der Waals surface area contributed by atoms with Crippen LogP contribution < -0.4 is 0 Å². The number of sulfonamides is 1. The number of Topliss-reactive ketones (excluding diaryl/α,β-unsaturated/α-hetero) is 1. The molecule has 0 bridgehead atoms. The normalized spacial score (nSPS) is 17.2. The molecule has 1 amide bonds. The molecule has 3 heterocycles. The molecule has 0 atom stereocenters. The first-order valence-corrected chi connectivity index (χ1v) is 13.8. The molecule has 0 N–H and O–H groups in total. The number of carbonyl (C=O) groups excluding carboxylic acids is 2. The number of hydrogen-bond donors (Lipinski definition) is 0. The van der Waals surface area contributed by atoms with E-state index in [1.54, 1.807) is 27.7 Å². The van der Waals surface area contributed by atoms with Gasteiger partial charge in [0.25, 0.3) is 16.4 Å². The third-order valence-corrected chi connectivity index (χ3v) is 8.84. The Morgan fingerprint density at radius 3 is 2.54 bits per heavy atom. The van der Waals surface area contributed by atoms with Gasteiger partial charge in [0.15, 0.2) is 15.7 Å². The molecule has 37 heavy (non-hydrogen) atoms. The van der Waals surface area contributed by atoms with Gasteiger partial charge in [0.2, 0.25) is 5.13 Å². The molecule has 0 aromatic carbocycles. The van der Waals surface area contributed by atoms with Gasteiger partial charge < -0.3 is 4.74 Å². The predicted molar refractivity (Wildman–Crippen MR) is 127 cm³/mol. The molecule has 198 valence electrons. The molecule has 3 aromatic rings. The monoisotopic (exact) mass is 554 g/mol. The summed E-state index contributed by atoms with van der Waals surface area (Å²) in [7, 11) is -4.55. The second-order valence-corrected chi connectivity index (χ2v) is 13.1. The van der Waals surface area contributed by atoms with Crippen LogP contribution >= 0.6 is 11.3 Å². The Hall–Kier alpha value is -3.07. The Balaban J connectivity index is 1.71. The largest absolute Gasteiger partial charge is 0.443 e. The van der Waals surface area contributed by atoms with Gasteiger partial charge in [-0.2, -0.15) is 22.5 Å². The molecular weight excluding hydrogens is 530 g/mol. The van der Waals surface area contributed by atoms with Crippen LogP contribution in [0.3, 0.4) is 0 Å². The van der Waals surface area contributed by atoms with E-state index in [0.29, 0.717) is 45.1 Å². The van der Waals surface area contributed by atoms with Gasteiger partial charge in [-0.15, -0.1) is 10.2 Å². The number of pyridine rings is 1. The Bertz CT molecular complexity index is 1540. The van der Waals surface area contributed by atoms with E-state index in [9.17, 15) is 26.8 Å². The van der Waals surface area contributed by atoms with E-state index in [2.05, 4.69) is 20.3 Å². The van der Waals surface area contributed by atoms with Gasteiger partial charge in [0.05, 0.1) is 11.2 Å². The lowest BCUT2D eigenvalue weighted by Gasteiger charge is -2.30. The minimum absolute atomic E-state index is 0.0235. The number of amides is 1. The van der Waals surface area contributed by atoms with Crippen LogP contribution in [0.5, 0.6) is 0 Å². The van der Waals surface area contributed by atoms with Crippen LogP contribution in [0.15, 0.2) is 11.1 Å². The number of rotatable bonds is 5. The number of alkyl halides is 2. The molecule has 2 aliphatic rings. The van der Waals surface area contributed by atoms with Crippen molar-refractivity contribution < 1.29 is 31.5 Å². The third kappa shape index (κ3) is 4.58. The van der Waals surface area contributed by atoms with Crippen molar-refractivity contribution in [2.24, 2.45) is 0 Å². The molecule has 0 saturated heterocycles. The van der Waals surface area contributed by atoms with E-state index >= 15 is 0 Å². The Labute approximate surface area is 214 Å². The Morgan fingerprint density at radius 1 is 1.24 bits per heavy atom. The number of aryl methyl sites for hydroxylation is 1. The topological polar surface area (TPSA) is 137 Å². The zero-order chi connectivity index (χ0) is 26.9. The molecule has 5 rings (SSSR count). The first-order valence-electron chi connectivity index (χ1n) is 11.5. The smallest absolute Gasteiger partial charge is 0.424 e. The second-order valence-electron chi connectivity index (χ2n) is 10.4. The van der Waals surface area contributed by atoms with Gasteiger partial charge in [-0.3, -0.25) is 4.79 Å². The minimum atomic E-state index is -4.55. The Morgan fingerprint density at radius 2 is 1.95 bits per heavy atom. The maximum absolute atomic E-state index is 13.9. The molecule has 0 radical (unpaired) electrons. The molecule has 0 spiro atoms. The van der Waals surface area contributed by atoms with Crippen molar-refractivity contribution in [3.8, 4) is 5.13 Å². The molecule has 3 aromatic heterocycles. The van der Waals surface area contributed by atoms with E-state index in [0.717, 1.165) is 0 Å². The van der Waals surface area contributed by atoms with Crippen LogP contribution in [0.25, 0.3) is 16.2 Å². The highest BCUT2D eigenvalue weighted by atomic mass is 32.2. The van der Waals surface area contributed by atoms with Crippen LogP contribution in [0, 0.1) is 0 Å². The molecule has 2 aliphatic carbocycles. The van der Waals surface area contributed by atoms with Gasteiger partial charge in [-0.25, -0.2) is 18.6 Å². The number of ether oxygens (including phenoxy) is 1. The molecule has 1 saturated carbocycles. The lowest BCUT2D eigenvalue weighted by Crippen LogP contribution is -2.47. The molecule has 11 nitrogen and oxygen atoms in total. The summed E-state index contributed by atoms with van der Waals surface area (Å²) in [4.78, 5) is 29.9. The maximum atomic E-state index is 13.9. The van der Waals surface area contributed by atoms with Crippen LogP contribution in [-0.4, -0.2) is 60.7 Å². The number of nitrogens with zero attached hydrogens (tertiary/aromatic N) is 6. The molecular formula is C22H24F2N6O5S2. The highest BCUT2D eigenvalue weighted by Gasteiger charge is 2.54. The van der Waals surface area contributed by atoms with Gasteiger partial charge >= 0.3 is 6.09 Å². The van der Waals surface area contributed by atoms with Crippen molar-refractivity contribution in [3.05, 3.63) is 22.3 Å². The van der Waals surface area contributed by atoms with Gasteiger partial charge in [0.1, 0.15) is 11.4 Å². The van der Waals surface area contributed by atoms with Crippen LogP contribution in [0.1, 0.15) is 69.6 Å². The van der Waals surface area contributed by atoms with Crippen molar-refractivity contribution >= 4 is 44.3 Å². The first-order chi connectivity index (χ1) is 17.2. The van der Waals surface area contributed by atoms with Gasteiger partial charge in [0, 0.05) is 18.2 Å². The number of hydrogen-bond acceptors (Lipinski definition) is 10. The summed E-state index contributed by atoms with van der Waals surface area (Å²) in [5.74, 6) is -0.116. The van der Waals surface area contributed by atoms with Crippen molar-refractivity contribution in [2.45, 2.75) is 82.4 Å². The summed E-state index contributed by atoms with van der Waals surface area (Å²) < 4.78 is 61.5. The van der Waals surface area contributed by atoms with Crippen molar-refractivity contribution in [2.75, 3.05) is 0 Å². The predicted octanol–water partition coefficient (Wildman–Crippen LogP) is 3.75. The summed E-state index contributed by atoms with van der Waals surface area (Å²) >= 11 is 0.597. The maximum Gasteiger partial charge on any atom is 0.424 e. The summed E-state index contributed by atoms with van der Waals surface area (Å²) in [6, 6.07) is 1.28. The lowest BCUT2D eigenvalue weighted by atomic mass is 10.1. The zero-order valence-corrected chi connectivity index (χ0v) is 22.1. The van der Waals surface area contributed by atoms with Crippen molar-refractivity contribution in [1.82, 2.24) is 29.3 Å². The zero-order valence-electron chi connectivity index (χ0n) is 20.5. The summed E-state index contributed by atoms with van der Waals surface area (Å²) in [6.45, 7) is 6.53. The molecule has 1 fully saturated rings. The second kappa shape index (κ2) is 8.48. The van der Waals surface area contributed by atoms with Crippen molar-refractivity contribution in [3.63, 3.8) is 0 Å². The Kier molecular flexibility index (Phi) is 5.86. The highest BCUT2D eigenvalue weighted by Crippen LogP contribution is 2.45. The van der Waals surface area contributed by atoms with Crippen LogP contribution in [0.2, 0.25) is 0 Å². The SMILES string of the molecule is CC(C)(C)OC(=O)N(C1(C)CC1)S(=O)(=O)c1cc2c3c(nn(-c4nnc(C(F)F)s4)c3n1)CCC(=O)C2. The average Bonchev–Trinajstić information content (AvgIpc) is 3.19. The molecule has 0 aliphatic heterocycles. The summed E-state index contributed by atoms with van der Waals surface area (Å²) in [6.07, 6.45) is -2.61. The summed E-state index contributed by atoms with van der Waals surface area (Å²) in [5.41, 5.74) is -1.06. The van der Waals surface area contributed by atoms with E-state index in [1.165, 1.54) is 10.7 Å². The fourth-order valence-corrected chi connectivity index (χ4v) is 6.50. The minimum Gasteiger partial charge on any atom is -0.443 e. The average molecular weight is 555 g/mol. The third-order valence-electron chi connectivity index (χ3n) is 6.12. The number of halogens is 2. The number of ketones is 1. The van der Waals surface area contributed by atoms with Crippen molar-refractivity contribution in [1.29, 1.82) is 0 Å². The number of aromatic nitrogens is 5. The van der Waals surface area contributed by atoms with Crippen LogP contribution in [-0.2, 0) is 32.4 Å². The van der Waals surface area contributed by atoms with Gasteiger partial charge in [-0.05, 0) is 58.6 Å². The van der Waals surface area contributed by atoms with E-state index < -0.39 is 43.7 Å². The fraction of sp³-hybridized carbons (Fsp3) is 0.545. The van der Waals surface area contributed by atoms with E-state index in [4.69, 9.17) is 4.74 Å². The fourth-order valence-electron chi connectivity index (χ4n) is 4.17. The van der Waals surface area contributed by atoms with E-state index in [-0.39, 0.29) is 35.8 Å². The van der Waals surface area contributed by atoms with Crippen LogP contribution in [0.4, 0.5) is 13.6 Å². The summed E-state index contributed by atoms with van der Waals surface area (Å²) in [5, 5.41) is 11.1. The highest BCUT2D eigenvalue weighted by molar-refractivity contribution is 7.89. The number of carbonyl (C=O) groups is 2.